The molecule has 8 heteroatoms. The van der Waals surface area contributed by atoms with Gasteiger partial charge in [0.2, 0.25) is 17.6 Å². The maximum Gasteiger partial charge on any atom is 0.244 e. The van der Waals surface area contributed by atoms with Crippen molar-refractivity contribution in [1.29, 1.82) is 0 Å². The molecule has 1 atom stereocenters. The molecule has 8 nitrogen and oxygen atoms in total. The Hall–Kier alpha value is -2.22. The molecule has 2 heterocycles. The van der Waals surface area contributed by atoms with Crippen LogP contribution in [0.2, 0.25) is 0 Å². The quantitative estimate of drug-likeness (QED) is 0.552. The Kier molecular flexibility index (Phi) is 6.38. The standard InChI is InChI=1S/C18H27N5O3/c1-23-11-10-19-17(23)16-20-18(26-22-16)14(12-15(24)21-25)9-5-8-13-6-3-2-4-7-13/h10-11,13-14,25H,2-9,12H2,1H3,(H,21,24)/t14-/m1/s1. The van der Waals surface area contributed by atoms with Gasteiger partial charge in [-0.05, 0) is 12.3 Å². The van der Waals surface area contributed by atoms with Crippen LogP contribution in [0.15, 0.2) is 16.9 Å². The fraction of sp³-hybridized carbons (Fsp3) is 0.667. The lowest BCUT2D eigenvalue weighted by atomic mass is 9.84. The molecule has 3 rings (SSSR count). The first kappa shape index (κ1) is 18.6. The van der Waals surface area contributed by atoms with Gasteiger partial charge in [0.1, 0.15) is 0 Å². The third-order valence-electron chi connectivity index (χ3n) is 5.26. The predicted octanol–water partition coefficient (Wildman–Crippen LogP) is 3.20. The van der Waals surface area contributed by atoms with Crippen LogP contribution < -0.4 is 5.48 Å². The molecule has 0 radical (unpaired) electrons. The summed E-state index contributed by atoms with van der Waals surface area (Å²) in [5.74, 6) is 1.61. The highest BCUT2D eigenvalue weighted by molar-refractivity contribution is 5.75. The van der Waals surface area contributed by atoms with Crippen molar-refractivity contribution in [1.82, 2.24) is 25.2 Å². The minimum atomic E-state index is -0.440. The lowest BCUT2D eigenvalue weighted by Crippen LogP contribution is -2.21. The van der Waals surface area contributed by atoms with Crippen LogP contribution in [0.4, 0.5) is 0 Å². The average molecular weight is 361 g/mol. The Morgan fingerprint density at radius 1 is 1.42 bits per heavy atom. The predicted molar refractivity (Wildman–Crippen MR) is 94.2 cm³/mol. The largest absolute Gasteiger partial charge is 0.339 e. The van der Waals surface area contributed by atoms with Gasteiger partial charge in [0.25, 0.3) is 0 Å². The zero-order valence-corrected chi connectivity index (χ0v) is 15.2. The lowest BCUT2D eigenvalue weighted by Gasteiger charge is -2.22. The SMILES string of the molecule is Cn1ccnc1-c1noc([C@H](CCCC2CCCCC2)CC(=O)NO)n1. The number of hydroxylamine groups is 1. The van der Waals surface area contributed by atoms with Crippen LogP contribution in [0.1, 0.15) is 69.6 Å². The Morgan fingerprint density at radius 3 is 2.92 bits per heavy atom. The lowest BCUT2D eigenvalue weighted by molar-refractivity contribution is -0.129. The zero-order valence-electron chi connectivity index (χ0n) is 15.2. The van der Waals surface area contributed by atoms with Crippen molar-refractivity contribution in [3.63, 3.8) is 0 Å². The first-order valence-electron chi connectivity index (χ1n) is 9.41. The highest BCUT2D eigenvalue weighted by atomic mass is 16.5. The van der Waals surface area contributed by atoms with Gasteiger partial charge in [-0.15, -0.1) is 0 Å². The van der Waals surface area contributed by atoms with Gasteiger partial charge in [-0.2, -0.15) is 4.98 Å². The van der Waals surface area contributed by atoms with Crippen molar-refractivity contribution in [2.24, 2.45) is 13.0 Å². The minimum absolute atomic E-state index is 0.128. The van der Waals surface area contributed by atoms with E-state index in [0.717, 1.165) is 25.2 Å². The van der Waals surface area contributed by atoms with Gasteiger partial charge in [0.05, 0.1) is 0 Å². The molecule has 1 saturated carbocycles. The second-order valence-electron chi connectivity index (χ2n) is 7.19. The molecule has 2 N–H and O–H groups in total. The van der Waals surface area contributed by atoms with E-state index < -0.39 is 5.91 Å². The van der Waals surface area contributed by atoms with Crippen LogP contribution >= 0.6 is 0 Å². The first-order chi connectivity index (χ1) is 12.7. The van der Waals surface area contributed by atoms with Crippen LogP contribution in [-0.4, -0.2) is 30.8 Å². The van der Waals surface area contributed by atoms with E-state index in [2.05, 4.69) is 15.1 Å². The second-order valence-corrected chi connectivity index (χ2v) is 7.19. The minimum Gasteiger partial charge on any atom is -0.339 e. The smallest absolute Gasteiger partial charge is 0.244 e. The number of hydrogen-bond donors (Lipinski definition) is 2. The zero-order chi connectivity index (χ0) is 18.4. The molecular weight excluding hydrogens is 334 g/mol. The van der Waals surface area contributed by atoms with E-state index in [1.54, 1.807) is 11.7 Å². The fourth-order valence-electron chi connectivity index (χ4n) is 3.78. The van der Waals surface area contributed by atoms with Gasteiger partial charge in [0.15, 0.2) is 5.82 Å². The monoisotopic (exact) mass is 361 g/mol. The van der Waals surface area contributed by atoms with Crippen LogP contribution in [-0.2, 0) is 11.8 Å². The Morgan fingerprint density at radius 2 is 2.23 bits per heavy atom. The number of amides is 1. The summed E-state index contributed by atoms with van der Waals surface area (Å²) < 4.78 is 7.23. The van der Waals surface area contributed by atoms with Crippen molar-refractivity contribution in [3.05, 3.63) is 18.3 Å². The number of nitrogens with one attached hydrogen (secondary N) is 1. The van der Waals surface area contributed by atoms with Crippen LogP contribution in [0.25, 0.3) is 11.6 Å². The van der Waals surface area contributed by atoms with Crippen molar-refractivity contribution in [2.75, 3.05) is 0 Å². The van der Waals surface area contributed by atoms with Crippen molar-refractivity contribution in [2.45, 2.75) is 63.7 Å². The molecule has 1 fully saturated rings. The van der Waals surface area contributed by atoms with E-state index in [-0.39, 0.29) is 12.3 Å². The summed E-state index contributed by atoms with van der Waals surface area (Å²) in [6, 6.07) is 0. The van der Waals surface area contributed by atoms with Crippen molar-refractivity contribution < 1.29 is 14.5 Å². The summed E-state index contributed by atoms with van der Waals surface area (Å²) >= 11 is 0. The topological polar surface area (TPSA) is 106 Å². The molecule has 142 valence electrons. The van der Waals surface area contributed by atoms with Crippen molar-refractivity contribution in [3.8, 4) is 11.6 Å². The van der Waals surface area contributed by atoms with Gasteiger partial charge in [-0.25, -0.2) is 10.5 Å². The van der Waals surface area contributed by atoms with E-state index in [9.17, 15) is 4.79 Å². The number of imidazole rings is 1. The van der Waals surface area contributed by atoms with E-state index >= 15 is 0 Å². The van der Waals surface area contributed by atoms with Crippen LogP contribution in [0.3, 0.4) is 0 Å². The highest BCUT2D eigenvalue weighted by Crippen LogP contribution is 2.31. The van der Waals surface area contributed by atoms with Crippen LogP contribution in [0, 0.1) is 5.92 Å². The van der Waals surface area contributed by atoms with E-state index in [1.165, 1.54) is 32.1 Å². The van der Waals surface area contributed by atoms with Crippen LogP contribution in [0.5, 0.6) is 0 Å². The molecule has 0 unspecified atom stereocenters. The van der Waals surface area contributed by atoms with Crippen molar-refractivity contribution >= 4 is 5.91 Å². The van der Waals surface area contributed by atoms with Gasteiger partial charge < -0.3 is 9.09 Å². The summed E-state index contributed by atoms with van der Waals surface area (Å²) in [6.07, 6.45) is 13.2. The van der Waals surface area contributed by atoms with Gasteiger partial charge in [-0.3, -0.25) is 10.0 Å². The molecular formula is C18H27N5O3. The summed E-state index contributed by atoms with van der Waals surface area (Å²) in [4.78, 5) is 20.3. The number of rotatable bonds is 8. The number of aryl methyl sites for hydroxylation is 1. The third kappa shape index (κ3) is 4.69. The van der Waals surface area contributed by atoms with Gasteiger partial charge in [0, 0.05) is 31.8 Å². The molecule has 0 bridgehead atoms. The maximum atomic E-state index is 11.7. The molecule has 0 spiro atoms. The van der Waals surface area contributed by atoms with Gasteiger partial charge >= 0.3 is 0 Å². The molecule has 2 aromatic heterocycles. The molecule has 0 aromatic carbocycles. The molecule has 26 heavy (non-hydrogen) atoms. The maximum absolute atomic E-state index is 11.7. The fourth-order valence-corrected chi connectivity index (χ4v) is 3.78. The summed E-state index contributed by atoms with van der Waals surface area (Å²) in [7, 11) is 1.86. The molecule has 0 aliphatic heterocycles. The number of carbonyl (C=O) groups excluding carboxylic acids is 1. The Bertz CT molecular complexity index is 705. The molecule has 1 amide bonds. The second kappa shape index (κ2) is 8.93. The number of hydrogen-bond acceptors (Lipinski definition) is 6. The molecule has 1 aliphatic rings. The normalized spacial score (nSPS) is 16.5. The number of nitrogens with zero attached hydrogens (tertiary/aromatic N) is 4. The summed E-state index contributed by atoms with van der Waals surface area (Å²) in [6.45, 7) is 0. The highest BCUT2D eigenvalue weighted by Gasteiger charge is 2.24. The summed E-state index contributed by atoms with van der Waals surface area (Å²) in [5.41, 5.74) is 1.70. The Labute approximate surface area is 153 Å². The molecule has 2 aromatic rings. The Balaban J connectivity index is 1.64. The van der Waals surface area contributed by atoms with Gasteiger partial charge in [-0.1, -0.05) is 50.1 Å². The van der Waals surface area contributed by atoms with E-state index in [4.69, 9.17) is 9.73 Å². The number of carbonyl (C=O) groups is 1. The third-order valence-corrected chi connectivity index (χ3v) is 5.26. The van der Waals surface area contributed by atoms with E-state index in [0.29, 0.717) is 17.5 Å². The average Bonchev–Trinajstić information content (AvgIpc) is 3.30. The summed E-state index contributed by atoms with van der Waals surface area (Å²) in [5, 5.41) is 12.9. The van der Waals surface area contributed by atoms with E-state index in [1.807, 2.05) is 17.8 Å². The molecule has 1 aliphatic carbocycles. The first-order valence-corrected chi connectivity index (χ1v) is 9.41. The molecule has 0 saturated heterocycles. The number of aromatic nitrogens is 4.